The molecule has 0 atom stereocenters. The molecule has 0 radical (unpaired) electrons. The van der Waals surface area contributed by atoms with Crippen LogP contribution in [0.4, 0.5) is 16.2 Å². The number of rotatable bonds is 2. The maximum Gasteiger partial charge on any atom is 0.222 e. The molecule has 0 fully saturated rings. The van der Waals surface area contributed by atoms with E-state index in [1.54, 1.807) is 18.2 Å². The van der Waals surface area contributed by atoms with Crippen LogP contribution in [-0.2, 0) is 0 Å². The number of hydrogen-bond acceptors (Lipinski definition) is 4. The van der Waals surface area contributed by atoms with Crippen molar-refractivity contribution in [2.24, 2.45) is 0 Å². The van der Waals surface area contributed by atoms with Crippen molar-refractivity contribution in [1.82, 2.24) is 9.97 Å². The molecule has 0 saturated heterocycles. The molecule has 6 heteroatoms. The first-order chi connectivity index (χ1) is 8.15. The van der Waals surface area contributed by atoms with Gasteiger partial charge in [-0.05, 0) is 18.2 Å². The fourth-order valence-electron chi connectivity index (χ4n) is 1.29. The SMILES string of the molecule is Nc1ncc(Cl)c(NC2=CC=C(F)CC=C2)n1. The number of allylic oxidation sites excluding steroid dienone is 5. The molecule has 0 spiro atoms. The molecular weight excluding hydrogens is 243 g/mol. The molecule has 88 valence electrons. The molecule has 0 aliphatic heterocycles. The summed E-state index contributed by atoms with van der Waals surface area (Å²) in [6.07, 6.45) is 8.13. The molecule has 4 nitrogen and oxygen atoms in total. The standard InChI is InChI=1S/C11H10ClFN4/c12-9-6-15-11(14)17-10(9)16-8-3-1-2-7(13)4-5-8/h1,3-6H,2H2,(H3,14,15,16,17). The molecule has 1 aromatic rings. The van der Waals surface area contributed by atoms with Crippen LogP contribution in [0.5, 0.6) is 0 Å². The molecule has 0 aromatic carbocycles. The number of nitrogens with zero attached hydrogens (tertiary/aromatic N) is 2. The molecule has 1 aromatic heterocycles. The van der Waals surface area contributed by atoms with E-state index in [-0.39, 0.29) is 18.2 Å². The van der Waals surface area contributed by atoms with Crippen LogP contribution in [0.15, 0.2) is 42.0 Å². The number of nitrogen functional groups attached to an aromatic ring is 1. The second-order valence-electron chi connectivity index (χ2n) is 3.39. The monoisotopic (exact) mass is 252 g/mol. The first-order valence-electron chi connectivity index (χ1n) is 4.93. The lowest BCUT2D eigenvalue weighted by molar-refractivity contribution is 0.618. The van der Waals surface area contributed by atoms with Gasteiger partial charge in [0.1, 0.15) is 10.8 Å². The summed E-state index contributed by atoms with van der Waals surface area (Å²) in [6, 6.07) is 0. The van der Waals surface area contributed by atoms with Crippen LogP contribution in [0.3, 0.4) is 0 Å². The summed E-state index contributed by atoms with van der Waals surface area (Å²) >= 11 is 5.90. The van der Waals surface area contributed by atoms with Gasteiger partial charge in [-0.15, -0.1) is 0 Å². The van der Waals surface area contributed by atoms with Gasteiger partial charge in [0.05, 0.1) is 6.20 Å². The highest BCUT2D eigenvalue weighted by molar-refractivity contribution is 6.32. The lowest BCUT2D eigenvalue weighted by Gasteiger charge is -2.07. The second-order valence-corrected chi connectivity index (χ2v) is 3.80. The highest BCUT2D eigenvalue weighted by atomic mass is 35.5. The molecule has 0 bridgehead atoms. The average Bonchev–Trinajstić information content (AvgIpc) is 2.49. The van der Waals surface area contributed by atoms with Crippen molar-refractivity contribution < 1.29 is 4.39 Å². The lowest BCUT2D eigenvalue weighted by atomic mass is 10.3. The number of aromatic nitrogens is 2. The quantitative estimate of drug-likeness (QED) is 0.850. The van der Waals surface area contributed by atoms with Crippen molar-refractivity contribution in [3.05, 3.63) is 47.0 Å². The van der Waals surface area contributed by atoms with E-state index in [0.29, 0.717) is 16.5 Å². The van der Waals surface area contributed by atoms with Crippen molar-refractivity contribution in [1.29, 1.82) is 0 Å². The molecule has 0 unspecified atom stereocenters. The Morgan fingerprint density at radius 1 is 1.41 bits per heavy atom. The molecule has 0 amide bonds. The van der Waals surface area contributed by atoms with Crippen LogP contribution in [0.1, 0.15) is 6.42 Å². The summed E-state index contributed by atoms with van der Waals surface area (Å²) in [5, 5.41) is 3.30. The predicted molar refractivity (Wildman–Crippen MR) is 66.1 cm³/mol. The van der Waals surface area contributed by atoms with Crippen LogP contribution >= 0.6 is 11.6 Å². The largest absolute Gasteiger partial charge is 0.368 e. The van der Waals surface area contributed by atoms with Crippen molar-refractivity contribution >= 4 is 23.4 Å². The van der Waals surface area contributed by atoms with Gasteiger partial charge in [0.2, 0.25) is 5.95 Å². The molecule has 1 heterocycles. The Bertz CT molecular complexity index is 522. The predicted octanol–water partition coefficient (Wildman–Crippen LogP) is 2.82. The van der Waals surface area contributed by atoms with E-state index in [1.165, 1.54) is 12.3 Å². The van der Waals surface area contributed by atoms with E-state index < -0.39 is 0 Å². The maximum atomic E-state index is 13.0. The Labute approximate surface area is 103 Å². The number of nitrogens with one attached hydrogen (secondary N) is 1. The van der Waals surface area contributed by atoms with E-state index in [0.717, 1.165) is 0 Å². The molecule has 1 aliphatic rings. The van der Waals surface area contributed by atoms with Gasteiger partial charge >= 0.3 is 0 Å². The summed E-state index contributed by atoms with van der Waals surface area (Å²) in [5.41, 5.74) is 6.13. The summed E-state index contributed by atoms with van der Waals surface area (Å²) in [7, 11) is 0. The van der Waals surface area contributed by atoms with Crippen LogP contribution in [-0.4, -0.2) is 9.97 Å². The third-order valence-electron chi connectivity index (χ3n) is 2.08. The van der Waals surface area contributed by atoms with E-state index in [9.17, 15) is 4.39 Å². The molecule has 2 rings (SSSR count). The Balaban J connectivity index is 2.24. The van der Waals surface area contributed by atoms with E-state index in [2.05, 4.69) is 15.3 Å². The van der Waals surface area contributed by atoms with Gasteiger partial charge < -0.3 is 11.1 Å². The number of anilines is 2. The molecule has 17 heavy (non-hydrogen) atoms. The minimum absolute atomic E-state index is 0.122. The maximum absolute atomic E-state index is 13.0. The third kappa shape index (κ3) is 3.04. The Morgan fingerprint density at radius 2 is 2.24 bits per heavy atom. The minimum atomic E-state index is -0.202. The van der Waals surface area contributed by atoms with Gasteiger partial charge in [-0.25, -0.2) is 9.37 Å². The van der Waals surface area contributed by atoms with Crippen molar-refractivity contribution in [3.8, 4) is 0 Å². The molecule has 1 aliphatic carbocycles. The number of hydrogen-bond donors (Lipinski definition) is 2. The Morgan fingerprint density at radius 3 is 3.06 bits per heavy atom. The zero-order chi connectivity index (χ0) is 12.3. The van der Waals surface area contributed by atoms with Crippen LogP contribution < -0.4 is 11.1 Å². The summed E-state index contributed by atoms with van der Waals surface area (Å²) in [5.74, 6) is 0.314. The Hall–Kier alpha value is -1.88. The van der Waals surface area contributed by atoms with Crippen molar-refractivity contribution in [2.45, 2.75) is 6.42 Å². The fraction of sp³-hybridized carbons (Fsp3) is 0.0909. The first kappa shape index (κ1) is 11.6. The van der Waals surface area contributed by atoms with E-state index in [4.69, 9.17) is 17.3 Å². The second kappa shape index (κ2) is 4.97. The first-order valence-corrected chi connectivity index (χ1v) is 5.31. The van der Waals surface area contributed by atoms with Crippen molar-refractivity contribution in [3.63, 3.8) is 0 Å². The van der Waals surface area contributed by atoms with Gasteiger partial charge in [-0.1, -0.05) is 17.7 Å². The van der Waals surface area contributed by atoms with Crippen LogP contribution in [0.2, 0.25) is 5.02 Å². The van der Waals surface area contributed by atoms with Gasteiger partial charge in [0.15, 0.2) is 5.82 Å². The van der Waals surface area contributed by atoms with Gasteiger partial charge in [0.25, 0.3) is 0 Å². The topological polar surface area (TPSA) is 63.8 Å². The minimum Gasteiger partial charge on any atom is -0.368 e. The van der Waals surface area contributed by atoms with Gasteiger partial charge in [-0.2, -0.15) is 4.98 Å². The number of halogens is 2. The van der Waals surface area contributed by atoms with Gasteiger partial charge in [-0.3, -0.25) is 0 Å². The van der Waals surface area contributed by atoms with Crippen LogP contribution in [0, 0.1) is 0 Å². The van der Waals surface area contributed by atoms with Crippen molar-refractivity contribution in [2.75, 3.05) is 11.1 Å². The lowest BCUT2D eigenvalue weighted by Crippen LogP contribution is -2.03. The van der Waals surface area contributed by atoms with E-state index >= 15 is 0 Å². The zero-order valence-corrected chi connectivity index (χ0v) is 9.58. The number of nitrogens with two attached hydrogens (primary N) is 1. The smallest absolute Gasteiger partial charge is 0.222 e. The average molecular weight is 253 g/mol. The molecule has 3 N–H and O–H groups in total. The molecular formula is C11H10ClFN4. The third-order valence-corrected chi connectivity index (χ3v) is 2.36. The summed E-state index contributed by atoms with van der Waals surface area (Å²) in [6.45, 7) is 0. The normalized spacial score (nSPS) is 14.9. The molecule has 0 saturated carbocycles. The van der Waals surface area contributed by atoms with Gasteiger partial charge in [0, 0.05) is 12.1 Å². The zero-order valence-electron chi connectivity index (χ0n) is 8.82. The fourth-order valence-corrected chi connectivity index (χ4v) is 1.43. The van der Waals surface area contributed by atoms with E-state index in [1.807, 2.05) is 0 Å². The summed E-state index contributed by atoms with van der Waals surface area (Å²) in [4.78, 5) is 7.70. The summed E-state index contributed by atoms with van der Waals surface area (Å²) < 4.78 is 13.0. The highest BCUT2D eigenvalue weighted by Gasteiger charge is 2.05. The van der Waals surface area contributed by atoms with Crippen LogP contribution in [0.25, 0.3) is 0 Å². The highest BCUT2D eigenvalue weighted by Crippen LogP contribution is 2.21. The Kier molecular flexibility index (Phi) is 3.39.